The number of amides is 4. The Labute approximate surface area is 402 Å². The van der Waals surface area contributed by atoms with Crippen LogP contribution in [0.2, 0.25) is 5.02 Å². The van der Waals surface area contributed by atoms with Crippen LogP contribution in [0.4, 0.5) is 34.5 Å². The Hall–Kier alpha value is -6.24. The average molecular weight is 962 g/mol. The Morgan fingerprint density at radius 2 is 1.75 bits per heavy atom. The number of ether oxygens (including phenoxy) is 1. The summed E-state index contributed by atoms with van der Waals surface area (Å²) in [7, 11) is -1.01. The van der Waals surface area contributed by atoms with E-state index in [2.05, 4.69) is 64.4 Å². The summed E-state index contributed by atoms with van der Waals surface area (Å²) in [5.41, 5.74) is 4.93. The smallest absolute Gasteiger partial charge is 0.255 e. The van der Waals surface area contributed by atoms with Crippen LogP contribution < -0.4 is 36.2 Å². The lowest BCUT2D eigenvalue weighted by Gasteiger charge is -2.43. The Bertz CT molecular complexity index is 2700. The van der Waals surface area contributed by atoms with Crippen molar-refractivity contribution in [1.82, 2.24) is 30.0 Å². The number of hydrogen-bond acceptors (Lipinski definition) is 13. The largest absolute Gasteiger partial charge is 0.494 e. The number of piperazine rings is 1. The molecule has 4 aromatic rings. The molecule has 1 atom stereocenters. The van der Waals surface area contributed by atoms with E-state index in [1.165, 1.54) is 12.3 Å². The van der Waals surface area contributed by atoms with Crippen molar-refractivity contribution in [2.45, 2.75) is 63.6 Å². The first kappa shape index (κ1) is 48.2. The second-order valence-corrected chi connectivity index (χ2v) is 21.5. The molecule has 1 aromatic heterocycles. The summed E-state index contributed by atoms with van der Waals surface area (Å²) in [4.78, 5) is 67.8. The molecular weight excluding hydrogens is 903 g/mol. The first-order valence-electron chi connectivity index (χ1n) is 23.1. The van der Waals surface area contributed by atoms with Gasteiger partial charge >= 0.3 is 0 Å². The second kappa shape index (κ2) is 21.4. The summed E-state index contributed by atoms with van der Waals surface area (Å²) in [6, 6.07) is 16.5. The molecule has 8 rings (SSSR count). The van der Waals surface area contributed by atoms with Crippen molar-refractivity contribution in [3.63, 3.8) is 0 Å². The number of carbonyl (C=O) groups excluding carboxylic acids is 4. The summed E-state index contributed by atoms with van der Waals surface area (Å²) >= 11 is 6.53. The highest BCUT2D eigenvalue weighted by Crippen LogP contribution is 2.41. The maximum Gasteiger partial charge on any atom is 0.255 e. The molecule has 0 saturated carbocycles. The van der Waals surface area contributed by atoms with Gasteiger partial charge in [0, 0.05) is 87.2 Å². The van der Waals surface area contributed by atoms with Crippen molar-refractivity contribution in [2.75, 3.05) is 87.1 Å². The molecular formula is C50H58ClN10O6P. The van der Waals surface area contributed by atoms with Crippen LogP contribution in [0.1, 0.15) is 66.4 Å². The van der Waals surface area contributed by atoms with Crippen LogP contribution in [-0.4, -0.2) is 127 Å². The Kier molecular flexibility index (Phi) is 15.2. The Morgan fingerprint density at radius 1 is 0.971 bits per heavy atom. The fraction of sp³-hybridized carbons (Fsp3) is 0.400. The number of rotatable bonds is 15. The molecule has 0 aliphatic carbocycles. The molecule has 5 heterocycles. The topological polar surface area (TPSA) is 181 Å². The molecule has 0 radical (unpaired) electrons. The molecule has 18 heteroatoms. The van der Waals surface area contributed by atoms with Gasteiger partial charge in [0.25, 0.3) is 5.91 Å². The van der Waals surface area contributed by atoms with Crippen molar-refractivity contribution in [3.05, 3.63) is 95.2 Å². The average Bonchev–Trinajstić information content (AvgIpc) is 3.65. The molecule has 3 fully saturated rings. The van der Waals surface area contributed by atoms with Gasteiger partial charge in [0.1, 0.15) is 24.0 Å². The van der Waals surface area contributed by atoms with Crippen molar-refractivity contribution in [2.24, 2.45) is 0 Å². The number of unbranched alkanes of at least 4 members (excludes halogenated alkanes) is 2. The third-order valence-electron chi connectivity index (χ3n) is 13.0. The summed E-state index contributed by atoms with van der Waals surface area (Å²) in [6.07, 6.45) is 8.13. The lowest BCUT2D eigenvalue weighted by molar-refractivity contribution is -0.137. The zero-order valence-electron chi connectivity index (χ0n) is 38.8. The van der Waals surface area contributed by atoms with Gasteiger partial charge in [-0.1, -0.05) is 42.2 Å². The third kappa shape index (κ3) is 11.4. The van der Waals surface area contributed by atoms with Gasteiger partial charge in [-0.05, 0) is 100 Å². The van der Waals surface area contributed by atoms with Crippen molar-refractivity contribution in [1.29, 1.82) is 0 Å². The summed E-state index contributed by atoms with van der Waals surface area (Å²) in [6.45, 7) is 14.2. The van der Waals surface area contributed by atoms with Crippen molar-refractivity contribution >= 4 is 82.2 Å². The van der Waals surface area contributed by atoms with Crippen LogP contribution in [0.15, 0.2) is 73.4 Å². The first-order valence-corrected chi connectivity index (χ1v) is 26.1. The van der Waals surface area contributed by atoms with E-state index < -0.39 is 19.1 Å². The molecule has 0 bridgehead atoms. The molecule has 1 unspecified atom stereocenters. The SMILES string of the molecule is C=CC(=O)Nc1cc(Nc2ncc(Cl)c(Nc3ccccc3P(C)(C)=O)n2)c(OC)cc1N1CCC(N2CCN(CCCCC#Cc3ccc4c(c3)CN(C3CCC(=O)NC3=O)C4=O)CC2)CC1. The number of halogens is 1. The number of para-hydroxylation sites is 1. The van der Waals surface area contributed by atoms with Gasteiger partial charge in [0.2, 0.25) is 23.7 Å². The lowest BCUT2D eigenvalue weighted by Crippen LogP contribution is -2.53. The van der Waals surface area contributed by atoms with Crippen molar-refractivity contribution in [3.8, 4) is 17.6 Å². The molecule has 4 aliphatic rings. The highest BCUT2D eigenvalue weighted by atomic mass is 35.5. The van der Waals surface area contributed by atoms with Gasteiger partial charge in [0.05, 0.1) is 36.1 Å². The summed E-state index contributed by atoms with van der Waals surface area (Å²) < 4.78 is 18.9. The van der Waals surface area contributed by atoms with Crippen LogP contribution in [0.3, 0.4) is 0 Å². The maximum absolute atomic E-state index is 13.0. The Morgan fingerprint density at radius 3 is 2.49 bits per heavy atom. The molecule has 0 spiro atoms. The molecule has 3 aromatic carbocycles. The van der Waals surface area contributed by atoms with Crippen LogP contribution in [0.5, 0.6) is 5.75 Å². The minimum atomic E-state index is -2.61. The third-order valence-corrected chi connectivity index (χ3v) is 14.8. The monoisotopic (exact) mass is 960 g/mol. The molecule has 16 nitrogen and oxygen atoms in total. The minimum absolute atomic E-state index is 0.177. The number of hydrogen-bond donors (Lipinski definition) is 4. The van der Waals surface area contributed by atoms with E-state index in [1.54, 1.807) is 31.4 Å². The van der Waals surface area contributed by atoms with Crippen molar-refractivity contribution < 1.29 is 28.5 Å². The number of carbonyl (C=O) groups is 4. The van der Waals surface area contributed by atoms with Gasteiger partial charge in [-0.15, -0.1) is 0 Å². The fourth-order valence-corrected chi connectivity index (χ4v) is 10.7. The standard InChI is InChI=1S/C50H58ClN10O6P/c1-5-45(62)53-39-29-40(55-50-52-31-37(51)47(57-50)54-38-13-9-10-14-44(38)68(3,4)66)43(67-2)30-42(39)60-22-19-35(20-23-60)59-26-24-58(25-27-59)21-11-7-6-8-12-33-15-16-36-34(28-33)32-61(49(36)65)41-17-18-46(63)56-48(41)64/h5,9-10,13-16,28-31,35,41H,1,6-7,11,17-27,32H2,2-4H3,(H,53,62)(H,56,63,64)(H2,52,54,55,57). The van der Waals surface area contributed by atoms with E-state index in [9.17, 15) is 23.7 Å². The van der Waals surface area contributed by atoms with Crippen LogP contribution in [0, 0.1) is 11.8 Å². The van der Waals surface area contributed by atoms with E-state index in [4.69, 9.17) is 16.3 Å². The molecule has 3 saturated heterocycles. The number of aromatic nitrogens is 2. The van der Waals surface area contributed by atoms with Crippen LogP contribution >= 0.6 is 18.7 Å². The highest BCUT2D eigenvalue weighted by Gasteiger charge is 2.39. The van der Waals surface area contributed by atoms with E-state index in [0.717, 1.165) is 94.7 Å². The minimum Gasteiger partial charge on any atom is -0.494 e. The first-order chi connectivity index (χ1) is 32.8. The predicted molar refractivity (Wildman–Crippen MR) is 267 cm³/mol. The van der Waals surface area contributed by atoms with E-state index in [0.29, 0.717) is 58.5 Å². The van der Waals surface area contributed by atoms with Gasteiger partial charge in [-0.2, -0.15) is 4.98 Å². The summed E-state index contributed by atoms with van der Waals surface area (Å²) in [5.74, 6) is 6.47. The predicted octanol–water partition coefficient (Wildman–Crippen LogP) is 6.57. The van der Waals surface area contributed by atoms with Crippen LogP contribution in [-0.2, 0) is 25.5 Å². The lowest BCUT2D eigenvalue weighted by atomic mass is 10.0. The number of benzene rings is 3. The van der Waals surface area contributed by atoms with Crippen LogP contribution in [0.25, 0.3) is 0 Å². The zero-order chi connectivity index (χ0) is 48.0. The summed E-state index contributed by atoms with van der Waals surface area (Å²) in [5, 5.41) is 12.8. The highest BCUT2D eigenvalue weighted by molar-refractivity contribution is 7.70. The number of fused-ring (bicyclic) bond motifs is 1. The normalized spacial score (nSPS) is 18.1. The maximum atomic E-state index is 13.0. The number of imide groups is 1. The molecule has 68 heavy (non-hydrogen) atoms. The molecule has 4 N–H and O–H groups in total. The van der Waals surface area contributed by atoms with Gasteiger partial charge in [-0.3, -0.25) is 29.4 Å². The molecule has 356 valence electrons. The quantitative estimate of drug-likeness (QED) is 0.0331. The second-order valence-electron chi connectivity index (χ2n) is 17.9. The van der Waals surface area contributed by atoms with E-state index in [-0.39, 0.29) is 35.1 Å². The van der Waals surface area contributed by atoms with Gasteiger partial charge in [0.15, 0.2) is 5.82 Å². The number of methoxy groups -OCH3 is 1. The van der Waals surface area contributed by atoms with E-state index in [1.807, 2.05) is 48.5 Å². The Balaban J connectivity index is 0.810. The fourth-order valence-electron chi connectivity index (χ4n) is 9.38. The number of anilines is 6. The number of piperidine rings is 2. The number of nitrogens with zero attached hydrogens (tertiary/aromatic N) is 6. The van der Waals surface area contributed by atoms with Gasteiger partial charge < -0.3 is 40.0 Å². The van der Waals surface area contributed by atoms with E-state index >= 15 is 0 Å². The number of nitrogens with one attached hydrogen (secondary N) is 4. The van der Waals surface area contributed by atoms with Gasteiger partial charge in [-0.25, -0.2) is 4.98 Å². The zero-order valence-corrected chi connectivity index (χ0v) is 40.4. The molecule has 4 aliphatic heterocycles. The molecule has 4 amide bonds.